The summed E-state index contributed by atoms with van der Waals surface area (Å²) in [6, 6.07) is 0.308. The Kier molecular flexibility index (Phi) is 5.17. The third-order valence-corrected chi connectivity index (χ3v) is 4.38. The first-order valence-corrected chi connectivity index (χ1v) is 7.96. The molecule has 3 heterocycles. The molecule has 1 aromatic rings. The molecular weight excluding hydrogens is 313 g/mol. The van der Waals surface area contributed by atoms with Crippen LogP contribution < -0.4 is 0 Å². The molecule has 0 bridgehead atoms. The van der Waals surface area contributed by atoms with Gasteiger partial charge in [-0.2, -0.15) is 18.2 Å². The van der Waals surface area contributed by atoms with Gasteiger partial charge in [-0.1, -0.05) is 11.6 Å². The van der Waals surface area contributed by atoms with Gasteiger partial charge in [0.1, 0.15) is 0 Å². The minimum absolute atomic E-state index is 0.0335. The Bertz CT molecular complexity index is 502. The highest BCUT2D eigenvalue weighted by atomic mass is 19.4. The van der Waals surface area contributed by atoms with E-state index in [0.717, 1.165) is 58.7 Å². The van der Waals surface area contributed by atoms with Gasteiger partial charge in [-0.05, 0) is 19.4 Å². The number of aromatic nitrogens is 2. The van der Waals surface area contributed by atoms with Crippen LogP contribution in [0, 0.1) is 0 Å². The van der Waals surface area contributed by atoms with Crippen LogP contribution in [0.4, 0.5) is 13.2 Å². The second-order valence-corrected chi connectivity index (χ2v) is 6.04. The van der Waals surface area contributed by atoms with E-state index in [4.69, 9.17) is 9.26 Å². The normalized spacial score (nSPS) is 24.9. The molecule has 1 aromatic heterocycles. The molecule has 0 aliphatic carbocycles. The molecule has 2 fully saturated rings. The fourth-order valence-electron chi connectivity index (χ4n) is 3.16. The lowest BCUT2D eigenvalue weighted by Gasteiger charge is -2.39. The highest BCUT2D eigenvalue weighted by Gasteiger charge is 2.37. The van der Waals surface area contributed by atoms with Crippen molar-refractivity contribution in [3.63, 3.8) is 0 Å². The summed E-state index contributed by atoms with van der Waals surface area (Å²) < 4.78 is 47.8. The Balaban J connectivity index is 1.60. The molecule has 9 heteroatoms. The SMILES string of the molecule is FC(F)(F)c1noc(CN2CCCC[C@H]2CN2CCOCC2)n1. The van der Waals surface area contributed by atoms with E-state index in [1.165, 1.54) is 0 Å². The second-order valence-electron chi connectivity index (χ2n) is 6.04. The zero-order valence-electron chi connectivity index (χ0n) is 12.9. The van der Waals surface area contributed by atoms with Crippen molar-refractivity contribution < 1.29 is 22.4 Å². The van der Waals surface area contributed by atoms with Gasteiger partial charge in [0, 0.05) is 25.7 Å². The number of nitrogens with zero attached hydrogens (tertiary/aromatic N) is 4. The Morgan fingerprint density at radius 1 is 1.13 bits per heavy atom. The van der Waals surface area contributed by atoms with Gasteiger partial charge in [0.25, 0.3) is 5.82 Å². The third kappa shape index (κ3) is 4.42. The van der Waals surface area contributed by atoms with Crippen molar-refractivity contribution in [3.05, 3.63) is 11.7 Å². The maximum Gasteiger partial charge on any atom is 0.455 e. The zero-order chi connectivity index (χ0) is 16.3. The molecule has 0 aromatic carbocycles. The molecule has 6 nitrogen and oxygen atoms in total. The molecule has 0 unspecified atom stereocenters. The van der Waals surface area contributed by atoms with Crippen LogP contribution in [0.2, 0.25) is 0 Å². The van der Waals surface area contributed by atoms with Crippen molar-refractivity contribution in [2.75, 3.05) is 39.4 Å². The number of alkyl halides is 3. The van der Waals surface area contributed by atoms with E-state index in [-0.39, 0.29) is 12.4 Å². The molecule has 3 rings (SSSR count). The average molecular weight is 334 g/mol. The summed E-state index contributed by atoms with van der Waals surface area (Å²) in [5.74, 6) is -1.17. The molecule has 2 aliphatic rings. The van der Waals surface area contributed by atoms with E-state index in [1.807, 2.05) is 0 Å². The van der Waals surface area contributed by atoms with Crippen molar-refractivity contribution in [3.8, 4) is 0 Å². The molecule has 1 atom stereocenters. The van der Waals surface area contributed by atoms with Crippen LogP contribution in [0.5, 0.6) is 0 Å². The fraction of sp³-hybridized carbons (Fsp3) is 0.857. The molecule has 2 aliphatic heterocycles. The highest BCUT2D eigenvalue weighted by Crippen LogP contribution is 2.27. The van der Waals surface area contributed by atoms with Crippen LogP contribution in [0.3, 0.4) is 0 Å². The van der Waals surface area contributed by atoms with E-state index in [2.05, 4.69) is 19.9 Å². The van der Waals surface area contributed by atoms with Crippen LogP contribution in [-0.2, 0) is 17.5 Å². The number of ether oxygens (including phenoxy) is 1. The van der Waals surface area contributed by atoms with Crippen molar-refractivity contribution in [2.45, 2.75) is 38.0 Å². The Morgan fingerprint density at radius 2 is 1.91 bits per heavy atom. The minimum atomic E-state index is -4.56. The predicted molar refractivity (Wildman–Crippen MR) is 74.6 cm³/mol. The standard InChI is InChI=1S/C14H21F3N4O2/c15-14(16,17)13-18-12(23-19-13)10-21-4-2-1-3-11(21)9-20-5-7-22-8-6-20/h11H,1-10H2/t11-/m0/s1. The molecule has 0 N–H and O–H groups in total. The summed E-state index contributed by atoms with van der Waals surface area (Å²) in [4.78, 5) is 7.99. The smallest absolute Gasteiger partial charge is 0.379 e. The average Bonchev–Trinajstić information content (AvgIpc) is 2.99. The van der Waals surface area contributed by atoms with Crippen LogP contribution in [0.25, 0.3) is 0 Å². The summed E-state index contributed by atoms with van der Waals surface area (Å²) in [7, 11) is 0. The van der Waals surface area contributed by atoms with Gasteiger partial charge in [-0.3, -0.25) is 9.80 Å². The summed E-state index contributed by atoms with van der Waals surface area (Å²) in [6.45, 7) is 5.32. The summed E-state index contributed by atoms with van der Waals surface area (Å²) in [5, 5.41) is 3.03. The highest BCUT2D eigenvalue weighted by molar-refractivity contribution is 4.92. The van der Waals surface area contributed by atoms with E-state index in [1.54, 1.807) is 0 Å². The zero-order valence-corrected chi connectivity index (χ0v) is 12.9. The molecule has 2 saturated heterocycles. The Morgan fingerprint density at radius 3 is 2.61 bits per heavy atom. The topological polar surface area (TPSA) is 54.6 Å². The van der Waals surface area contributed by atoms with E-state index >= 15 is 0 Å². The van der Waals surface area contributed by atoms with E-state index < -0.39 is 12.0 Å². The molecule has 0 saturated carbocycles. The van der Waals surface area contributed by atoms with Crippen LogP contribution >= 0.6 is 0 Å². The van der Waals surface area contributed by atoms with Crippen molar-refractivity contribution in [2.24, 2.45) is 0 Å². The number of piperidine rings is 1. The summed E-state index contributed by atoms with van der Waals surface area (Å²) in [6.07, 6.45) is -1.34. The quantitative estimate of drug-likeness (QED) is 0.837. The largest absolute Gasteiger partial charge is 0.455 e. The number of rotatable bonds is 4. The van der Waals surface area contributed by atoms with Crippen LogP contribution in [0.1, 0.15) is 31.0 Å². The van der Waals surface area contributed by atoms with Crippen molar-refractivity contribution >= 4 is 0 Å². The lowest BCUT2D eigenvalue weighted by molar-refractivity contribution is -0.146. The number of likely N-dealkylation sites (tertiary alicyclic amines) is 1. The molecule has 130 valence electrons. The van der Waals surface area contributed by atoms with Crippen LogP contribution in [-0.4, -0.2) is 65.4 Å². The molecular formula is C14H21F3N4O2. The summed E-state index contributed by atoms with van der Waals surface area (Å²) in [5.41, 5.74) is 0. The van der Waals surface area contributed by atoms with E-state index in [9.17, 15) is 13.2 Å². The first-order chi connectivity index (χ1) is 11.0. The first kappa shape index (κ1) is 16.7. The maximum atomic E-state index is 12.5. The molecule has 23 heavy (non-hydrogen) atoms. The van der Waals surface area contributed by atoms with Crippen molar-refractivity contribution in [1.82, 2.24) is 19.9 Å². The van der Waals surface area contributed by atoms with Crippen molar-refractivity contribution in [1.29, 1.82) is 0 Å². The molecule has 0 spiro atoms. The molecule has 0 radical (unpaired) electrons. The number of morpholine rings is 1. The maximum absolute atomic E-state index is 12.5. The van der Waals surface area contributed by atoms with Gasteiger partial charge in [0.05, 0.1) is 19.8 Å². The Labute approximate surface area is 132 Å². The van der Waals surface area contributed by atoms with Gasteiger partial charge < -0.3 is 9.26 Å². The monoisotopic (exact) mass is 334 g/mol. The van der Waals surface area contributed by atoms with Crippen LogP contribution in [0.15, 0.2) is 4.52 Å². The van der Waals surface area contributed by atoms with Gasteiger partial charge >= 0.3 is 6.18 Å². The van der Waals surface area contributed by atoms with Gasteiger partial charge in [0.2, 0.25) is 5.89 Å². The number of hydrogen-bond acceptors (Lipinski definition) is 6. The van der Waals surface area contributed by atoms with Gasteiger partial charge in [-0.25, -0.2) is 0 Å². The predicted octanol–water partition coefficient (Wildman–Crippen LogP) is 1.78. The van der Waals surface area contributed by atoms with E-state index in [0.29, 0.717) is 6.04 Å². The van der Waals surface area contributed by atoms with Gasteiger partial charge in [-0.15, -0.1) is 0 Å². The Hall–Kier alpha value is -1.19. The minimum Gasteiger partial charge on any atom is -0.379 e. The lowest BCUT2D eigenvalue weighted by Crippen LogP contribution is -2.49. The second kappa shape index (κ2) is 7.14. The first-order valence-electron chi connectivity index (χ1n) is 7.96. The fourth-order valence-corrected chi connectivity index (χ4v) is 3.16. The summed E-state index contributed by atoms with van der Waals surface area (Å²) >= 11 is 0. The number of hydrogen-bond donors (Lipinski definition) is 0. The van der Waals surface area contributed by atoms with Gasteiger partial charge in [0.15, 0.2) is 0 Å². The third-order valence-electron chi connectivity index (χ3n) is 4.38. The molecule has 0 amide bonds. The lowest BCUT2D eigenvalue weighted by atomic mass is 10.0. The number of halogens is 3.